The summed E-state index contributed by atoms with van der Waals surface area (Å²) in [7, 11) is 0. The molecule has 31 heavy (non-hydrogen) atoms. The Balaban J connectivity index is 1.30. The number of nitrogens with one attached hydrogen (secondary N) is 2. The fraction of sp³-hybridized carbons (Fsp3) is 0.280. The number of H-pyrrole nitrogens is 2. The van der Waals surface area contributed by atoms with Gasteiger partial charge in [0.15, 0.2) is 0 Å². The third-order valence-corrected chi connectivity index (χ3v) is 6.08. The molecule has 0 radical (unpaired) electrons. The Morgan fingerprint density at radius 1 is 1.00 bits per heavy atom. The van der Waals surface area contributed by atoms with E-state index >= 15 is 0 Å². The van der Waals surface area contributed by atoms with Gasteiger partial charge < -0.3 is 14.7 Å². The second-order valence-corrected chi connectivity index (χ2v) is 8.12. The smallest absolute Gasteiger partial charge is 0.257 e. The summed E-state index contributed by atoms with van der Waals surface area (Å²) in [5, 5.41) is 11.0. The number of nitriles is 1. The molecule has 0 saturated carbocycles. The van der Waals surface area contributed by atoms with Crippen molar-refractivity contribution in [2.45, 2.75) is 12.8 Å². The van der Waals surface area contributed by atoms with Gasteiger partial charge in [-0.1, -0.05) is 18.2 Å². The van der Waals surface area contributed by atoms with Crippen LogP contribution in [0.25, 0.3) is 33.1 Å². The Morgan fingerprint density at radius 2 is 1.81 bits per heavy atom. The monoisotopic (exact) mass is 412 g/mol. The average molecular weight is 412 g/mol. The van der Waals surface area contributed by atoms with Crippen molar-refractivity contribution in [2.24, 2.45) is 5.92 Å². The van der Waals surface area contributed by atoms with E-state index in [2.05, 4.69) is 20.9 Å². The van der Waals surface area contributed by atoms with E-state index in [1.807, 2.05) is 54.6 Å². The van der Waals surface area contributed by atoms with Crippen molar-refractivity contribution in [3.8, 4) is 23.1 Å². The lowest BCUT2D eigenvalue weighted by atomic mass is 9.99. The highest BCUT2D eigenvalue weighted by atomic mass is 16.5. The molecule has 0 atom stereocenters. The number of para-hydroxylation sites is 1. The molecule has 0 unspecified atom stereocenters. The Labute approximate surface area is 180 Å². The number of likely N-dealkylation sites (tertiary alicyclic amines) is 1. The summed E-state index contributed by atoms with van der Waals surface area (Å²) in [5.74, 6) is 1.02. The Bertz CT molecular complexity index is 1320. The Hall–Kier alpha value is -3.56. The molecule has 1 aliphatic heterocycles. The van der Waals surface area contributed by atoms with Gasteiger partial charge in [0.1, 0.15) is 12.4 Å². The van der Waals surface area contributed by atoms with Gasteiger partial charge in [0.05, 0.1) is 17.3 Å². The maximum atomic E-state index is 12.6. The van der Waals surface area contributed by atoms with E-state index in [1.54, 1.807) is 0 Å². The van der Waals surface area contributed by atoms with E-state index in [9.17, 15) is 4.79 Å². The molecule has 1 aliphatic rings. The summed E-state index contributed by atoms with van der Waals surface area (Å²) in [6.07, 6.45) is 1.89. The van der Waals surface area contributed by atoms with Gasteiger partial charge in [0.2, 0.25) is 0 Å². The first-order chi connectivity index (χ1) is 15.2. The van der Waals surface area contributed by atoms with Crippen LogP contribution in [0.5, 0.6) is 5.75 Å². The maximum Gasteiger partial charge on any atom is 0.257 e. The van der Waals surface area contributed by atoms with E-state index < -0.39 is 0 Å². The Morgan fingerprint density at radius 3 is 2.65 bits per heavy atom. The lowest BCUT2D eigenvalue weighted by Crippen LogP contribution is -2.36. The molecule has 4 aromatic rings. The second-order valence-electron chi connectivity index (χ2n) is 8.12. The van der Waals surface area contributed by atoms with Crippen LogP contribution in [-0.4, -0.2) is 41.1 Å². The largest absolute Gasteiger partial charge is 0.492 e. The number of nitrogens with zero attached hydrogens (tertiary/aromatic N) is 2. The molecule has 0 amide bonds. The molecule has 0 aliphatic carbocycles. The zero-order chi connectivity index (χ0) is 21.2. The van der Waals surface area contributed by atoms with Crippen molar-refractivity contribution in [1.29, 1.82) is 5.26 Å². The van der Waals surface area contributed by atoms with Crippen LogP contribution in [0.4, 0.5) is 0 Å². The van der Waals surface area contributed by atoms with Crippen molar-refractivity contribution < 1.29 is 4.74 Å². The fourth-order valence-electron chi connectivity index (χ4n) is 4.27. The normalized spacial score (nSPS) is 15.3. The standard InChI is InChI=1S/C25H24N4O2/c26-16-17-7-9-29(10-8-17)11-12-31-20-5-6-23-19(13-20)15-24(27-23)21-14-18-3-1-2-4-22(18)28-25(21)30/h1-6,13-15,17,27H,7-12H2,(H,28,30). The van der Waals surface area contributed by atoms with Gasteiger partial charge >= 0.3 is 0 Å². The molecule has 6 nitrogen and oxygen atoms in total. The number of rotatable bonds is 5. The quantitative estimate of drug-likeness (QED) is 0.512. The van der Waals surface area contributed by atoms with Crippen molar-refractivity contribution in [2.75, 3.05) is 26.2 Å². The molecule has 2 aromatic carbocycles. The van der Waals surface area contributed by atoms with Gasteiger partial charge in [-0.05, 0) is 67.7 Å². The topological polar surface area (TPSA) is 84.9 Å². The molecule has 5 rings (SSSR count). The zero-order valence-corrected chi connectivity index (χ0v) is 17.2. The first kappa shape index (κ1) is 19.4. The minimum Gasteiger partial charge on any atom is -0.492 e. The fourth-order valence-corrected chi connectivity index (χ4v) is 4.27. The number of pyridine rings is 1. The molecule has 2 N–H and O–H groups in total. The average Bonchev–Trinajstić information content (AvgIpc) is 3.22. The zero-order valence-electron chi connectivity index (χ0n) is 17.2. The predicted molar refractivity (Wildman–Crippen MR) is 122 cm³/mol. The van der Waals surface area contributed by atoms with E-state index in [-0.39, 0.29) is 11.5 Å². The lowest BCUT2D eigenvalue weighted by Gasteiger charge is -2.28. The van der Waals surface area contributed by atoms with Gasteiger partial charge in [-0.2, -0.15) is 5.26 Å². The molecular weight excluding hydrogens is 388 g/mol. The second kappa shape index (κ2) is 8.29. The van der Waals surface area contributed by atoms with E-state index in [4.69, 9.17) is 10.00 Å². The molecule has 156 valence electrons. The van der Waals surface area contributed by atoms with Crippen LogP contribution in [0.2, 0.25) is 0 Å². The van der Waals surface area contributed by atoms with Crippen molar-refractivity contribution in [3.63, 3.8) is 0 Å². The molecule has 1 fully saturated rings. The highest BCUT2D eigenvalue weighted by Crippen LogP contribution is 2.27. The predicted octanol–water partition coefficient (Wildman–Crippen LogP) is 4.29. The van der Waals surface area contributed by atoms with Crippen molar-refractivity contribution in [1.82, 2.24) is 14.9 Å². The number of ether oxygens (including phenoxy) is 1. The molecule has 0 spiro atoms. The molecular formula is C25H24N4O2. The van der Waals surface area contributed by atoms with Gasteiger partial charge in [-0.25, -0.2) is 0 Å². The summed E-state index contributed by atoms with van der Waals surface area (Å²) < 4.78 is 5.98. The van der Waals surface area contributed by atoms with E-state index in [0.717, 1.165) is 65.7 Å². The number of fused-ring (bicyclic) bond motifs is 2. The van der Waals surface area contributed by atoms with Crippen LogP contribution < -0.4 is 10.3 Å². The highest BCUT2D eigenvalue weighted by molar-refractivity contribution is 5.89. The van der Waals surface area contributed by atoms with Crippen LogP contribution in [0.3, 0.4) is 0 Å². The summed E-state index contributed by atoms with van der Waals surface area (Å²) in [6, 6.07) is 20.0. The highest BCUT2D eigenvalue weighted by Gasteiger charge is 2.18. The third-order valence-electron chi connectivity index (χ3n) is 6.08. The molecule has 3 heterocycles. The van der Waals surface area contributed by atoms with Crippen LogP contribution in [0.15, 0.2) is 59.4 Å². The molecule has 6 heteroatoms. The van der Waals surface area contributed by atoms with Crippen LogP contribution in [0, 0.1) is 17.2 Å². The molecule has 1 saturated heterocycles. The van der Waals surface area contributed by atoms with E-state index in [0.29, 0.717) is 12.2 Å². The Kier molecular flexibility index (Phi) is 5.19. The van der Waals surface area contributed by atoms with E-state index in [1.165, 1.54) is 0 Å². The van der Waals surface area contributed by atoms with Gasteiger partial charge in [0.25, 0.3) is 5.56 Å². The number of aromatic amines is 2. The number of hydrogen-bond acceptors (Lipinski definition) is 4. The number of benzene rings is 2. The van der Waals surface area contributed by atoms with Gasteiger partial charge in [-0.3, -0.25) is 9.69 Å². The lowest BCUT2D eigenvalue weighted by molar-refractivity contribution is 0.169. The number of aromatic nitrogens is 2. The summed E-state index contributed by atoms with van der Waals surface area (Å²) in [6.45, 7) is 3.40. The van der Waals surface area contributed by atoms with Crippen LogP contribution >= 0.6 is 0 Å². The molecule has 0 bridgehead atoms. The van der Waals surface area contributed by atoms with Gasteiger partial charge in [0, 0.05) is 28.9 Å². The first-order valence-electron chi connectivity index (χ1n) is 10.7. The first-order valence-corrected chi connectivity index (χ1v) is 10.7. The summed E-state index contributed by atoms with van der Waals surface area (Å²) >= 11 is 0. The minimum absolute atomic E-state index is 0.109. The SMILES string of the molecule is N#CC1CCN(CCOc2ccc3[nH]c(-c4cc5ccccc5[nH]c4=O)cc3c2)CC1. The van der Waals surface area contributed by atoms with Crippen molar-refractivity contribution in [3.05, 3.63) is 65.0 Å². The minimum atomic E-state index is -0.109. The number of hydrogen-bond donors (Lipinski definition) is 2. The van der Waals surface area contributed by atoms with Crippen LogP contribution in [0.1, 0.15) is 12.8 Å². The third kappa shape index (κ3) is 4.05. The summed E-state index contributed by atoms with van der Waals surface area (Å²) in [5.41, 5.74) is 3.10. The van der Waals surface area contributed by atoms with Crippen LogP contribution in [-0.2, 0) is 0 Å². The van der Waals surface area contributed by atoms with Gasteiger partial charge in [-0.15, -0.1) is 0 Å². The molecule has 2 aromatic heterocycles. The summed E-state index contributed by atoms with van der Waals surface area (Å²) in [4.78, 5) is 21.2. The van der Waals surface area contributed by atoms with Crippen molar-refractivity contribution >= 4 is 21.8 Å². The number of piperidine rings is 1. The maximum absolute atomic E-state index is 12.6.